The van der Waals surface area contributed by atoms with Gasteiger partial charge in [-0.25, -0.2) is 4.39 Å². The lowest BCUT2D eigenvalue weighted by molar-refractivity contribution is 0.0870. The Kier molecular flexibility index (Phi) is 3.34. The molecule has 2 unspecified atom stereocenters. The number of halogens is 2. The lowest BCUT2D eigenvalue weighted by Gasteiger charge is -2.35. The quantitative estimate of drug-likeness (QED) is 0.925. The molecule has 0 spiro atoms. The molecule has 3 rings (SSSR count). The van der Waals surface area contributed by atoms with Crippen LogP contribution in [0, 0.1) is 6.92 Å². The van der Waals surface area contributed by atoms with E-state index in [4.69, 9.17) is 11.6 Å². The molecule has 0 aromatic carbocycles. The zero-order chi connectivity index (χ0) is 13.6. The van der Waals surface area contributed by atoms with Crippen LogP contribution in [0.4, 0.5) is 4.39 Å². The molecular formula is C14H21ClFN3. The molecule has 0 radical (unpaired) electrons. The number of aromatic nitrogens is 2. The van der Waals surface area contributed by atoms with Gasteiger partial charge in [0.05, 0.1) is 16.4 Å². The Morgan fingerprint density at radius 3 is 2.63 bits per heavy atom. The van der Waals surface area contributed by atoms with Gasteiger partial charge in [-0.15, -0.1) is 0 Å². The number of piperidine rings is 1. The van der Waals surface area contributed by atoms with E-state index < -0.39 is 5.67 Å². The van der Waals surface area contributed by atoms with Gasteiger partial charge in [-0.3, -0.25) is 4.68 Å². The number of alkyl halides is 1. The second kappa shape index (κ2) is 4.74. The molecule has 0 aliphatic carbocycles. The monoisotopic (exact) mass is 285 g/mol. The summed E-state index contributed by atoms with van der Waals surface area (Å²) in [6.07, 6.45) is 3.82. The molecular weight excluding hydrogens is 265 g/mol. The Balaban J connectivity index is 1.84. The van der Waals surface area contributed by atoms with Crippen molar-refractivity contribution in [2.75, 3.05) is 0 Å². The van der Waals surface area contributed by atoms with Gasteiger partial charge in [-0.2, -0.15) is 5.10 Å². The van der Waals surface area contributed by atoms with Gasteiger partial charge >= 0.3 is 0 Å². The zero-order valence-electron chi connectivity index (χ0n) is 11.5. The highest BCUT2D eigenvalue weighted by Gasteiger charge is 2.44. The first-order chi connectivity index (χ1) is 9.00. The summed E-state index contributed by atoms with van der Waals surface area (Å²) in [6, 6.07) is 0.697. The standard InChI is InChI=1S/C14H21ClFN3/c1-3-19-12(13(15)9(2)18-19)8-14(16)6-10-4-5-11(7-14)17-10/h10-11,17H,3-8H2,1-2H3. The first kappa shape index (κ1) is 13.4. The fraction of sp³-hybridized carbons (Fsp3) is 0.786. The maximum Gasteiger partial charge on any atom is 0.119 e. The fourth-order valence-electron chi connectivity index (χ4n) is 3.67. The van der Waals surface area contributed by atoms with Crippen LogP contribution in [-0.4, -0.2) is 27.5 Å². The van der Waals surface area contributed by atoms with Gasteiger partial charge in [0, 0.05) is 25.0 Å². The average molecular weight is 286 g/mol. The summed E-state index contributed by atoms with van der Waals surface area (Å²) in [5.41, 5.74) is 0.546. The van der Waals surface area contributed by atoms with E-state index in [-0.39, 0.29) is 0 Å². The molecule has 3 nitrogen and oxygen atoms in total. The van der Waals surface area contributed by atoms with Crippen LogP contribution in [0.25, 0.3) is 0 Å². The summed E-state index contributed by atoms with van der Waals surface area (Å²) < 4.78 is 17.0. The Labute approximate surface area is 118 Å². The van der Waals surface area contributed by atoms with Crippen molar-refractivity contribution in [3.8, 4) is 0 Å². The first-order valence-corrected chi connectivity index (χ1v) is 7.55. The normalized spacial score (nSPS) is 33.9. The predicted molar refractivity (Wildman–Crippen MR) is 74.4 cm³/mol. The van der Waals surface area contributed by atoms with Crippen LogP contribution in [0.2, 0.25) is 5.02 Å². The first-order valence-electron chi connectivity index (χ1n) is 7.17. The smallest absolute Gasteiger partial charge is 0.119 e. The third-order valence-electron chi connectivity index (χ3n) is 4.50. The van der Waals surface area contributed by atoms with Crippen LogP contribution in [0.15, 0.2) is 0 Å². The number of aryl methyl sites for hydroxylation is 2. The summed E-state index contributed by atoms with van der Waals surface area (Å²) in [7, 11) is 0. The summed E-state index contributed by atoms with van der Waals surface area (Å²) in [5, 5.41) is 8.51. The summed E-state index contributed by atoms with van der Waals surface area (Å²) in [4.78, 5) is 0. The van der Waals surface area contributed by atoms with Crippen molar-refractivity contribution in [2.45, 2.75) is 70.2 Å². The van der Waals surface area contributed by atoms with Crippen molar-refractivity contribution in [1.29, 1.82) is 0 Å². The molecule has 106 valence electrons. The minimum atomic E-state index is -1.12. The van der Waals surface area contributed by atoms with Crippen LogP contribution in [-0.2, 0) is 13.0 Å². The molecule has 3 heterocycles. The Morgan fingerprint density at radius 1 is 1.42 bits per heavy atom. The number of rotatable bonds is 3. The van der Waals surface area contributed by atoms with Crippen LogP contribution in [0.5, 0.6) is 0 Å². The topological polar surface area (TPSA) is 29.9 Å². The van der Waals surface area contributed by atoms with E-state index in [1.54, 1.807) is 0 Å². The van der Waals surface area contributed by atoms with Crippen LogP contribution in [0.1, 0.15) is 44.0 Å². The molecule has 1 N–H and O–H groups in total. The fourth-order valence-corrected chi connectivity index (χ4v) is 3.88. The largest absolute Gasteiger partial charge is 0.311 e. The van der Waals surface area contributed by atoms with Gasteiger partial charge in [-0.05, 0) is 39.5 Å². The molecule has 19 heavy (non-hydrogen) atoms. The lowest BCUT2D eigenvalue weighted by Crippen LogP contribution is -2.47. The second-order valence-electron chi connectivity index (χ2n) is 6.04. The van der Waals surface area contributed by atoms with Gasteiger partial charge in [0.1, 0.15) is 5.67 Å². The maximum absolute atomic E-state index is 15.2. The zero-order valence-corrected chi connectivity index (χ0v) is 12.3. The number of fused-ring (bicyclic) bond motifs is 2. The highest BCUT2D eigenvalue weighted by Crippen LogP contribution is 2.40. The third kappa shape index (κ3) is 2.40. The second-order valence-corrected chi connectivity index (χ2v) is 6.41. The molecule has 5 heteroatoms. The molecule has 2 aliphatic heterocycles. The summed E-state index contributed by atoms with van der Waals surface area (Å²) in [5.74, 6) is 0. The Morgan fingerprint density at radius 2 is 2.05 bits per heavy atom. The van der Waals surface area contributed by atoms with Crippen molar-refractivity contribution in [2.24, 2.45) is 0 Å². The molecule has 1 aromatic rings. The van der Waals surface area contributed by atoms with Gasteiger partial charge in [-0.1, -0.05) is 11.6 Å². The molecule has 2 bridgehead atoms. The molecule has 0 amide bonds. The van der Waals surface area contributed by atoms with E-state index in [0.29, 0.717) is 36.4 Å². The minimum Gasteiger partial charge on any atom is -0.311 e. The van der Waals surface area contributed by atoms with E-state index >= 15 is 4.39 Å². The Bertz CT molecular complexity index is 473. The SMILES string of the molecule is CCn1nc(C)c(Cl)c1CC1(F)CC2CCC(C1)N2. The molecule has 0 saturated carbocycles. The van der Waals surface area contributed by atoms with Gasteiger partial charge in [0.15, 0.2) is 0 Å². The lowest BCUT2D eigenvalue weighted by atomic mass is 9.85. The molecule has 2 aliphatic rings. The van der Waals surface area contributed by atoms with Crippen molar-refractivity contribution >= 4 is 11.6 Å². The van der Waals surface area contributed by atoms with E-state index in [9.17, 15) is 0 Å². The molecule has 1 aromatic heterocycles. The average Bonchev–Trinajstić information content (AvgIpc) is 2.83. The highest BCUT2D eigenvalue weighted by molar-refractivity contribution is 6.31. The van der Waals surface area contributed by atoms with Gasteiger partial charge in [0.25, 0.3) is 0 Å². The Hall–Kier alpha value is -0.610. The molecule has 2 fully saturated rings. The minimum absolute atomic E-state index is 0.349. The highest BCUT2D eigenvalue weighted by atomic mass is 35.5. The van der Waals surface area contributed by atoms with Crippen molar-refractivity contribution < 1.29 is 4.39 Å². The van der Waals surface area contributed by atoms with E-state index in [2.05, 4.69) is 10.4 Å². The molecule has 2 saturated heterocycles. The van der Waals surface area contributed by atoms with Crippen molar-refractivity contribution in [3.05, 3.63) is 16.4 Å². The third-order valence-corrected chi connectivity index (χ3v) is 4.99. The number of nitrogens with one attached hydrogen (secondary N) is 1. The van der Waals surface area contributed by atoms with Crippen molar-refractivity contribution in [3.63, 3.8) is 0 Å². The van der Waals surface area contributed by atoms with Crippen molar-refractivity contribution in [1.82, 2.24) is 15.1 Å². The van der Waals surface area contributed by atoms with Gasteiger partial charge < -0.3 is 5.32 Å². The number of nitrogens with zero attached hydrogens (tertiary/aromatic N) is 2. The summed E-state index contributed by atoms with van der Waals surface area (Å²) >= 11 is 6.30. The van der Waals surface area contributed by atoms with Crippen LogP contribution < -0.4 is 5.32 Å². The summed E-state index contributed by atoms with van der Waals surface area (Å²) in [6.45, 7) is 4.64. The van der Waals surface area contributed by atoms with Crippen LogP contribution >= 0.6 is 11.6 Å². The van der Waals surface area contributed by atoms with E-state index in [1.807, 2.05) is 18.5 Å². The maximum atomic E-state index is 15.2. The number of hydrogen-bond donors (Lipinski definition) is 1. The molecule has 2 atom stereocenters. The predicted octanol–water partition coefficient (Wildman–Crippen LogP) is 3.03. The van der Waals surface area contributed by atoms with E-state index in [0.717, 1.165) is 30.8 Å². The van der Waals surface area contributed by atoms with E-state index in [1.165, 1.54) is 0 Å². The van der Waals surface area contributed by atoms with Gasteiger partial charge in [0.2, 0.25) is 0 Å². The number of hydrogen-bond acceptors (Lipinski definition) is 2. The van der Waals surface area contributed by atoms with Crippen LogP contribution in [0.3, 0.4) is 0 Å².